The molecule has 5 atom stereocenters. The maximum absolute atomic E-state index is 13.0. The largest absolute Gasteiger partial charge is 1.00 e. The first-order valence-electron chi connectivity index (χ1n) is 51.2. The molecule has 147 heavy (non-hydrogen) atoms. The van der Waals surface area contributed by atoms with E-state index in [1.165, 1.54) is 102 Å². The number of hydrogen-bond donors (Lipinski definition) is 1. The van der Waals surface area contributed by atoms with E-state index in [2.05, 4.69) is 306 Å². The molecule has 0 aliphatic rings. The summed E-state index contributed by atoms with van der Waals surface area (Å²) in [5.41, 5.74) is 15.6. The van der Waals surface area contributed by atoms with Crippen LogP contribution in [0.4, 0.5) is 52.7 Å². The molecule has 0 bridgehead atoms. The molecule has 1 N–H and O–H groups in total. The molecule has 0 saturated heterocycles. The number of aryl methyl sites for hydroxylation is 1. The van der Waals surface area contributed by atoms with Crippen molar-refractivity contribution in [3.63, 3.8) is 0 Å². The Kier molecular flexibility index (Phi) is 63.5. The van der Waals surface area contributed by atoms with Crippen LogP contribution in [0.15, 0.2) is 347 Å². The molecular formula is C128H167F12LiO4Si2. The van der Waals surface area contributed by atoms with Crippen LogP contribution in [-0.2, 0) is 5.41 Å². The van der Waals surface area contributed by atoms with E-state index in [1.807, 2.05) is 159 Å². The van der Waals surface area contributed by atoms with Crippen molar-refractivity contribution in [2.45, 2.75) is 281 Å². The zero-order valence-electron chi connectivity index (χ0n) is 92.3. The maximum Gasteiger partial charge on any atom is 1.00 e. The number of aliphatic hydroxyl groups excluding tert-OH is 1. The molecule has 796 valence electrons. The van der Waals surface area contributed by atoms with Gasteiger partial charge in [-0.15, -0.1) is 41.3 Å². The van der Waals surface area contributed by atoms with Gasteiger partial charge in [0.05, 0.1) is 16.1 Å². The minimum Gasteiger partial charge on any atom is -0.488 e. The van der Waals surface area contributed by atoms with Gasteiger partial charge in [0.1, 0.15) is 17.2 Å². The van der Waals surface area contributed by atoms with E-state index in [0.29, 0.717) is 42.3 Å². The van der Waals surface area contributed by atoms with Gasteiger partial charge in [-0.2, -0.15) is 43.9 Å². The molecule has 12 aromatic rings. The zero-order chi connectivity index (χ0) is 110. The summed E-state index contributed by atoms with van der Waals surface area (Å²) in [6, 6.07) is 106. The predicted molar refractivity (Wildman–Crippen MR) is 605 cm³/mol. The van der Waals surface area contributed by atoms with Crippen LogP contribution in [0, 0.1) is 24.7 Å². The van der Waals surface area contributed by atoms with Crippen LogP contribution in [0.1, 0.15) is 271 Å². The second kappa shape index (κ2) is 69.5. The van der Waals surface area contributed by atoms with Crippen LogP contribution in [0.25, 0.3) is 17.7 Å². The summed E-state index contributed by atoms with van der Waals surface area (Å²) in [6.07, 6.45) is 1.79. The van der Waals surface area contributed by atoms with Gasteiger partial charge in [-0.05, 0) is 166 Å². The standard InChI is InChI=1S/C20H21F5O2.C18H16F5O.C17H16F2O.2C13H22Si.2C10H14.C9H10.C8H8.2C5H12.Li/c1-2-18(12-13-26,15-6-4-3-5-7-15)16-8-10-17(11-9-16)27-14-19(21,22)20(23,24)25;1-2-16(13-6-4-3-5-7-13)14-8-10-15(11-9-14)24-12-17(19,20)18(21,22)23;1-13(14-6-4-3-5-7-14)15-8-10-16(11-9-15)20-12-17(2,18)19;2*1-6-11(2)12-7-9-13(10-8-12)14(3,4)5;2*1-3-9(2)10-7-5-4-6-8-10;1-3-9-6-4-8(2)5-7-9;1-2-8-6-4-3-5-7-8;2*1-4-5(2)3;/h3-11,26H,2,12-14H2,1H3;3-11H,2,12H2,1H3;3-11H,1,12H2,2H3;2*7-11H,6H2,1-5H3;2*4-9H,3H2,1-2H3;3-7H,1H2,2H3;2-7H,1H2;2*5H,4H2,1-3H3;/q;-1;;;;;;;;;;+1. The van der Waals surface area contributed by atoms with Gasteiger partial charge >= 0.3 is 43.1 Å². The molecule has 4 nitrogen and oxygen atoms in total. The molecule has 5 unspecified atom stereocenters. The Morgan fingerprint density at radius 1 is 0.347 bits per heavy atom. The summed E-state index contributed by atoms with van der Waals surface area (Å²) in [5, 5.41) is 12.7. The Morgan fingerprint density at radius 3 is 0.918 bits per heavy atom. The van der Waals surface area contributed by atoms with Gasteiger partial charge in [0.2, 0.25) is 0 Å². The SMILES string of the molecule is C=C(c1ccccc1)c1ccc(OCC(C)(F)F)cc1.C=Cc1ccc(C)cc1.C=Cc1ccccc1.CCC(C)C.CCC(C)C.CCC(C)c1ccc([Si](C)(C)C)cc1.CCC(C)c1ccc([Si](C)(C)C)cc1.CCC(C)c1ccccc1.CCC(C)c1ccccc1.CCC(CCO)(c1ccccc1)c1ccc(OCC(F)(F)C(F)(F)F)cc1.CC[C-](c1ccccc1)c1ccc(OCC(F)(F)C(F)(F)F)cc1.[Li+]. The van der Waals surface area contributed by atoms with Gasteiger partial charge in [0.25, 0.3) is 5.92 Å². The van der Waals surface area contributed by atoms with Gasteiger partial charge in [0, 0.05) is 18.9 Å². The van der Waals surface area contributed by atoms with E-state index in [4.69, 9.17) is 4.74 Å². The van der Waals surface area contributed by atoms with E-state index >= 15 is 0 Å². The third kappa shape index (κ3) is 52.3. The minimum absolute atomic E-state index is 0. The summed E-state index contributed by atoms with van der Waals surface area (Å²) < 4.78 is 164. The zero-order valence-corrected chi connectivity index (χ0v) is 94.3. The molecule has 0 aromatic heterocycles. The number of halogens is 12. The molecule has 0 amide bonds. The molecule has 12 rings (SSSR count). The molecule has 0 fully saturated rings. The van der Waals surface area contributed by atoms with Gasteiger partial charge < -0.3 is 19.3 Å². The number of hydrogen-bond acceptors (Lipinski definition) is 4. The van der Waals surface area contributed by atoms with Gasteiger partial charge in [0.15, 0.2) is 19.8 Å². The predicted octanol–water partition coefficient (Wildman–Crippen LogP) is 35.7. The molecule has 12 aromatic carbocycles. The Hall–Kier alpha value is -10.7. The molecule has 0 aliphatic heterocycles. The minimum atomic E-state index is -5.65. The number of rotatable bonds is 33. The Balaban J connectivity index is 0.000000836. The van der Waals surface area contributed by atoms with E-state index in [9.17, 15) is 57.8 Å². The molecule has 0 radical (unpaired) electrons. The third-order valence-corrected chi connectivity index (χ3v) is 29.0. The molecular weight excluding hydrogens is 1890 g/mol. The third-order valence-electron chi connectivity index (χ3n) is 24.9. The first-order chi connectivity index (χ1) is 68.7. The van der Waals surface area contributed by atoms with Crippen LogP contribution < -0.4 is 43.4 Å². The Bertz CT molecular complexity index is 5270. The first kappa shape index (κ1) is 134. The van der Waals surface area contributed by atoms with Gasteiger partial charge in [-0.25, -0.2) is 8.78 Å². The second-order valence-corrected chi connectivity index (χ2v) is 49.5. The molecule has 19 heteroatoms. The van der Waals surface area contributed by atoms with Crippen LogP contribution in [-0.4, -0.2) is 77.8 Å². The summed E-state index contributed by atoms with van der Waals surface area (Å²) in [6.45, 7) is 59.7. The monoisotopic (exact) mass is 2060 g/mol. The van der Waals surface area contributed by atoms with E-state index in [0.717, 1.165) is 70.1 Å². The number of ether oxygens (including phenoxy) is 3. The first-order valence-corrected chi connectivity index (χ1v) is 58.2. The average molecular weight is 2060 g/mol. The fraction of sp³-hybridized carbons (Fsp3) is 0.383. The van der Waals surface area contributed by atoms with Crippen molar-refractivity contribution in [2.75, 3.05) is 26.4 Å². The molecule has 0 saturated carbocycles. The maximum atomic E-state index is 13.0. The van der Waals surface area contributed by atoms with Crippen molar-refractivity contribution in [3.8, 4) is 17.2 Å². The van der Waals surface area contributed by atoms with Crippen LogP contribution >= 0.6 is 0 Å². The van der Waals surface area contributed by atoms with Crippen molar-refractivity contribution in [3.05, 3.63) is 426 Å². The summed E-state index contributed by atoms with van der Waals surface area (Å²) in [4.78, 5) is 0. The average Bonchev–Trinajstić information content (AvgIpc) is 0.779. The number of benzene rings is 12. The smallest absolute Gasteiger partial charge is 0.488 e. The quantitative estimate of drug-likeness (QED) is 0.0253. The van der Waals surface area contributed by atoms with E-state index in [1.54, 1.807) is 46.8 Å². The van der Waals surface area contributed by atoms with Crippen molar-refractivity contribution < 1.29 is 90.9 Å². The van der Waals surface area contributed by atoms with Gasteiger partial charge in [-0.3, -0.25) is 0 Å². The summed E-state index contributed by atoms with van der Waals surface area (Å²) in [7, 11) is -2.20. The molecule has 0 aliphatic carbocycles. The van der Waals surface area contributed by atoms with Crippen LogP contribution in [0.3, 0.4) is 0 Å². The van der Waals surface area contributed by atoms with Gasteiger partial charge in [-0.1, -0.05) is 496 Å². The van der Waals surface area contributed by atoms with Crippen molar-refractivity contribution in [1.82, 2.24) is 0 Å². The van der Waals surface area contributed by atoms with Crippen molar-refractivity contribution in [1.29, 1.82) is 0 Å². The van der Waals surface area contributed by atoms with E-state index in [-0.39, 0.29) is 37.0 Å². The molecule has 0 heterocycles. The van der Waals surface area contributed by atoms with Crippen LogP contribution in [0.2, 0.25) is 39.3 Å². The number of alkyl halides is 12. The fourth-order valence-electron chi connectivity index (χ4n) is 13.5. The fourth-order valence-corrected chi connectivity index (χ4v) is 15.9. The van der Waals surface area contributed by atoms with E-state index < -0.39 is 71.5 Å². The summed E-state index contributed by atoms with van der Waals surface area (Å²) in [5.74, 6) is -6.68. The Labute approximate surface area is 891 Å². The number of aliphatic hydroxyl groups is 1. The topological polar surface area (TPSA) is 47.9 Å². The second-order valence-electron chi connectivity index (χ2n) is 39.4. The normalized spacial score (nSPS) is 12.3. The van der Waals surface area contributed by atoms with Crippen molar-refractivity contribution in [2.24, 2.45) is 11.8 Å². The van der Waals surface area contributed by atoms with Crippen LogP contribution in [0.5, 0.6) is 17.2 Å². The van der Waals surface area contributed by atoms with Crippen molar-refractivity contribution >= 4 is 44.2 Å². The molecule has 0 spiro atoms. The Morgan fingerprint density at radius 2 is 0.626 bits per heavy atom. The summed E-state index contributed by atoms with van der Waals surface area (Å²) >= 11 is 0.